The average Bonchev–Trinajstić information content (AvgIpc) is 3.00. The molecule has 2 aliphatic rings. The maximum absolute atomic E-state index is 12.8. The van der Waals surface area contributed by atoms with Crippen molar-refractivity contribution in [2.24, 2.45) is 0 Å². The Morgan fingerprint density at radius 1 is 1.31 bits per heavy atom. The number of nitrogens with zero attached hydrogens (tertiary/aromatic N) is 3. The molecule has 1 aliphatic carbocycles. The molecule has 6 nitrogen and oxygen atoms in total. The summed E-state index contributed by atoms with van der Waals surface area (Å²) in [4.78, 5) is 18.6. The largest absolute Gasteiger partial charge is 0.391 e. The highest BCUT2D eigenvalue weighted by molar-refractivity contribution is 5.91. The molecule has 1 unspecified atom stereocenters. The maximum atomic E-state index is 12.8. The summed E-state index contributed by atoms with van der Waals surface area (Å²) in [5, 5.41) is 22.3. The third-order valence-electron chi connectivity index (χ3n) is 5.49. The number of likely N-dealkylation sites (tertiary alicyclic amines) is 1. The van der Waals surface area contributed by atoms with Crippen LogP contribution >= 0.6 is 0 Å². The SMILES string of the molecule is N#Cc1ccc(NC(=O)N2CC(O)CC23CCC3)cc1-c1ccncc1. The van der Waals surface area contributed by atoms with Crippen molar-refractivity contribution in [2.45, 2.75) is 37.3 Å². The minimum absolute atomic E-state index is 0.177. The highest BCUT2D eigenvalue weighted by atomic mass is 16.3. The first-order chi connectivity index (χ1) is 12.6. The minimum Gasteiger partial charge on any atom is -0.391 e. The molecule has 0 bridgehead atoms. The summed E-state index contributed by atoms with van der Waals surface area (Å²) in [5.74, 6) is 0. The number of anilines is 1. The molecule has 1 saturated carbocycles. The number of urea groups is 1. The summed E-state index contributed by atoms with van der Waals surface area (Å²) < 4.78 is 0. The van der Waals surface area contributed by atoms with Gasteiger partial charge in [-0.15, -0.1) is 0 Å². The second-order valence-electron chi connectivity index (χ2n) is 7.08. The lowest BCUT2D eigenvalue weighted by atomic mass is 9.74. The van der Waals surface area contributed by atoms with Crippen LogP contribution in [0.15, 0.2) is 42.7 Å². The Balaban J connectivity index is 1.59. The van der Waals surface area contributed by atoms with Gasteiger partial charge in [0.2, 0.25) is 0 Å². The fraction of sp³-hybridized carbons (Fsp3) is 0.350. The Morgan fingerprint density at radius 3 is 2.73 bits per heavy atom. The number of aromatic nitrogens is 1. The number of hydrogen-bond acceptors (Lipinski definition) is 4. The second-order valence-corrected chi connectivity index (χ2v) is 7.08. The molecule has 2 N–H and O–H groups in total. The number of benzene rings is 1. The van der Waals surface area contributed by atoms with Crippen LogP contribution in [0.1, 0.15) is 31.2 Å². The third kappa shape index (κ3) is 2.80. The fourth-order valence-corrected chi connectivity index (χ4v) is 4.06. The van der Waals surface area contributed by atoms with E-state index in [0.29, 0.717) is 24.2 Å². The smallest absolute Gasteiger partial charge is 0.322 e. The van der Waals surface area contributed by atoms with Gasteiger partial charge in [0.1, 0.15) is 0 Å². The third-order valence-corrected chi connectivity index (χ3v) is 5.49. The van der Waals surface area contributed by atoms with E-state index in [2.05, 4.69) is 16.4 Å². The first-order valence-corrected chi connectivity index (χ1v) is 8.82. The van der Waals surface area contributed by atoms with E-state index in [1.807, 2.05) is 18.2 Å². The number of rotatable bonds is 2. The Bertz CT molecular complexity index is 871. The molecular weight excluding hydrogens is 328 g/mol. The van der Waals surface area contributed by atoms with Crippen LogP contribution < -0.4 is 5.32 Å². The molecule has 2 aromatic rings. The lowest BCUT2D eigenvalue weighted by Gasteiger charge is -2.45. The van der Waals surface area contributed by atoms with Crippen LogP contribution in [0.2, 0.25) is 0 Å². The average molecular weight is 348 g/mol. The normalized spacial score (nSPS) is 20.5. The van der Waals surface area contributed by atoms with Crippen molar-refractivity contribution in [1.82, 2.24) is 9.88 Å². The molecule has 4 rings (SSSR count). The molecule has 2 fully saturated rings. The summed E-state index contributed by atoms with van der Waals surface area (Å²) >= 11 is 0. The maximum Gasteiger partial charge on any atom is 0.322 e. The molecule has 1 saturated heterocycles. The lowest BCUT2D eigenvalue weighted by Crippen LogP contribution is -2.53. The first kappa shape index (κ1) is 16.6. The number of aliphatic hydroxyl groups excluding tert-OH is 1. The van der Waals surface area contributed by atoms with E-state index in [-0.39, 0.29) is 11.6 Å². The molecule has 132 valence electrons. The van der Waals surface area contributed by atoms with Crippen molar-refractivity contribution < 1.29 is 9.90 Å². The van der Waals surface area contributed by atoms with Crippen molar-refractivity contribution >= 4 is 11.7 Å². The van der Waals surface area contributed by atoms with Gasteiger partial charge in [-0.05, 0) is 61.6 Å². The van der Waals surface area contributed by atoms with Crippen molar-refractivity contribution in [3.05, 3.63) is 48.3 Å². The number of amides is 2. The zero-order chi connectivity index (χ0) is 18.1. The van der Waals surface area contributed by atoms with Gasteiger partial charge in [0.05, 0.1) is 17.7 Å². The predicted octanol–water partition coefficient (Wildman–Crippen LogP) is 3.14. The first-order valence-electron chi connectivity index (χ1n) is 8.82. The van der Waals surface area contributed by atoms with E-state index in [4.69, 9.17) is 0 Å². The van der Waals surface area contributed by atoms with Gasteiger partial charge in [-0.2, -0.15) is 5.26 Å². The van der Waals surface area contributed by atoms with Crippen molar-refractivity contribution in [2.75, 3.05) is 11.9 Å². The summed E-state index contributed by atoms with van der Waals surface area (Å²) in [6.07, 6.45) is 6.56. The topological polar surface area (TPSA) is 89.2 Å². The van der Waals surface area contributed by atoms with Crippen LogP contribution in [-0.4, -0.2) is 39.2 Å². The van der Waals surface area contributed by atoms with Gasteiger partial charge in [-0.1, -0.05) is 0 Å². The fourth-order valence-electron chi connectivity index (χ4n) is 4.06. The molecule has 2 amide bonds. The second kappa shape index (κ2) is 6.43. The summed E-state index contributed by atoms with van der Waals surface area (Å²) in [6.45, 7) is 0.374. The summed E-state index contributed by atoms with van der Waals surface area (Å²) in [5.41, 5.74) is 2.63. The lowest BCUT2D eigenvalue weighted by molar-refractivity contribution is 0.0869. The molecule has 2 heterocycles. The van der Waals surface area contributed by atoms with Crippen molar-refractivity contribution in [1.29, 1.82) is 5.26 Å². The molecule has 1 aromatic heterocycles. The Hall–Kier alpha value is -2.91. The van der Waals surface area contributed by atoms with Crippen LogP contribution in [0.5, 0.6) is 0 Å². The number of nitrogens with one attached hydrogen (secondary N) is 1. The van der Waals surface area contributed by atoms with E-state index in [1.165, 1.54) is 0 Å². The summed E-state index contributed by atoms with van der Waals surface area (Å²) in [7, 11) is 0. The molecule has 1 spiro atoms. The number of carbonyl (C=O) groups is 1. The Kier molecular flexibility index (Phi) is 4.09. The number of nitriles is 1. The van der Waals surface area contributed by atoms with Crippen LogP contribution in [0.3, 0.4) is 0 Å². The number of β-amino-alcohol motifs (C(OH)–C–C–N with tert-alkyl or cyclic N) is 1. The van der Waals surface area contributed by atoms with E-state index in [0.717, 1.165) is 30.4 Å². The number of carbonyl (C=O) groups excluding carboxylic acids is 1. The van der Waals surface area contributed by atoms with Gasteiger partial charge in [0, 0.05) is 35.7 Å². The Morgan fingerprint density at radius 2 is 2.08 bits per heavy atom. The quantitative estimate of drug-likeness (QED) is 0.872. The minimum atomic E-state index is -0.450. The van der Waals surface area contributed by atoms with Crippen LogP contribution in [0, 0.1) is 11.3 Å². The van der Waals surface area contributed by atoms with Gasteiger partial charge >= 0.3 is 6.03 Å². The van der Waals surface area contributed by atoms with Crippen molar-refractivity contribution in [3.8, 4) is 17.2 Å². The molecule has 6 heteroatoms. The summed E-state index contributed by atoms with van der Waals surface area (Å²) in [6, 6.07) is 10.9. The zero-order valence-electron chi connectivity index (χ0n) is 14.4. The molecule has 1 aliphatic heterocycles. The predicted molar refractivity (Wildman–Crippen MR) is 97.3 cm³/mol. The van der Waals surface area contributed by atoms with Crippen LogP contribution in [0.4, 0.5) is 10.5 Å². The molecule has 26 heavy (non-hydrogen) atoms. The van der Waals surface area contributed by atoms with E-state index >= 15 is 0 Å². The Labute approximate surface area is 152 Å². The monoisotopic (exact) mass is 348 g/mol. The number of pyridine rings is 1. The molecule has 0 radical (unpaired) electrons. The molecule has 1 aromatic carbocycles. The van der Waals surface area contributed by atoms with Crippen LogP contribution in [0.25, 0.3) is 11.1 Å². The highest BCUT2D eigenvalue weighted by Gasteiger charge is 2.51. The molecule has 1 atom stereocenters. The van der Waals surface area contributed by atoms with Crippen molar-refractivity contribution in [3.63, 3.8) is 0 Å². The van der Waals surface area contributed by atoms with Gasteiger partial charge in [-0.3, -0.25) is 4.98 Å². The van der Waals surface area contributed by atoms with Crippen LogP contribution in [-0.2, 0) is 0 Å². The standard InChI is InChI=1S/C20H20N4O2/c21-12-15-2-3-16(10-18(15)14-4-8-22-9-5-14)23-19(26)24-13-17(25)11-20(24)6-1-7-20/h2-5,8-10,17,25H,1,6-7,11,13H2,(H,23,26). The van der Waals surface area contributed by atoms with Gasteiger partial charge in [0.25, 0.3) is 0 Å². The van der Waals surface area contributed by atoms with E-state index in [9.17, 15) is 15.2 Å². The zero-order valence-corrected chi connectivity index (χ0v) is 14.4. The number of hydrogen-bond donors (Lipinski definition) is 2. The van der Waals surface area contributed by atoms with E-state index in [1.54, 1.807) is 29.4 Å². The highest BCUT2D eigenvalue weighted by Crippen LogP contribution is 2.45. The van der Waals surface area contributed by atoms with Gasteiger partial charge in [-0.25, -0.2) is 4.79 Å². The molecular formula is C20H20N4O2. The van der Waals surface area contributed by atoms with Gasteiger partial charge in [0.15, 0.2) is 0 Å². The number of aliphatic hydroxyl groups is 1. The van der Waals surface area contributed by atoms with Gasteiger partial charge < -0.3 is 15.3 Å². The van der Waals surface area contributed by atoms with E-state index < -0.39 is 6.10 Å².